The Balaban J connectivity index is 1.85. The van der Waals surface area contributed by atoms with Crippen LogP contribution in [-0.4, -0.2) is 26.9 Å². The molecule has 23 heavy (non-hydrogen) atoms. The molecular weight excluding hydrogens is 288 g/mol. The van der Waals surface area contributed by atoms with Crippen LogP contribution in [0.3, 0.4) is 0 Å². The molecule has 0 aliphatic heterocycles. The number of methoxy groups -OCH3 is 1. The van der Waals surface area contributed by atoms with Crippen LogP contribution < -0.4 is 4.74 Å². The van der Waals surface area contributed by atoms with E-state index in [0.29, 0.717) is 0 Å². The highest BCUT2D eigenvalue weighted by Gasteiger charge is 2.11. The van der Waals surface area contributed by atoms with Gasteiger partial charge in [0.1, 0.15) is 11.6 Å². The summed E-state index contributed by atoms with van der Waals surface area (Å²) in [5.41, 5.74) is 2.25. The molecule has 0 saturated heterocycles. The minimum Gasteiger partial charge on any atom is -0.497 e. The fourth-order valence-electron chi connectivity index (χ4n) is 2.44. The molecule has 3 rings (SSSR count). The molecule has 3 aromatic rings. The van der Waals surface area contributed by atoms with Gasteiger partial charge in [0.05, 0.1) is 12.8 Å². The number of benzene rings is 1. The molecule has 0 fully saturated rings. The average molecular weight is 308 g/mol. The van der Waals surface area contributed by atoms with Gasteiger partial charge in [-0.3, -0.25) is 4.98 Å². The van der Waals surface area contributed by atoms with Gasteiger partial charge in [-0.15, -0.1) is 0 Å². The van der Waals surface area contributed by atoms with Crippen LogP contribution in [-0.2, 0) is 19.3 Å². The van der Waals surface area contributed by atoms with Gasteiger partial charge < -0.3 is 4.74 Å². The molecule has 0 bridgehead atoms. The fraction of sp³-hybridized carbons (Fsp3) is 0.278. The van der Waals surface area contributed by atoms with Gasteiger partial charge in [0.15, 0.2) is 5.82 Å². The second kappa shape index (κ2) is 7.05. The van der Waals surface area contributed by atoms with Crippen molar-refractivity contribution in [3.8, 4) is 11.4 Å². The van der Waals surface area contributed by atoms with E-state index in [1.165, 1.54) is 5.56 Å². The van der Waals surface area contributed by atoms with E-state index >= 15 is 0 Å². The van der Waals surface area contributed by atoms with E-state index in [1.807, 2.05) is 53.5 Å². The van der Waals surface area contributed by atoms with Gasteiger partial charge in [-0.2, -0.15) is 5.10 Å². The molecule has 118 valence electrons. The van der Waals surface area contributed by atoms with Crippen LogP contribution in [0.1, 0.15) is 24.1 Å². The SMILES string of the molecule is CCc1nc(CCc2ccncc2)n(-c2ccc(OC)cc2)n1. The first-order chi connectivity index (χ1) is 11.3. The first-order valence-electron chi connectivity index (χ1n) is 7.78. The lowest BCUT2D eigenvalue weighted by atomic mass is 10.1. The monoisotopic (exact) mass is 308 g/mol. The molecule has 0 N–H and O–H groups in total. The van der Waals surface area contributed by atoms with Crippen LogP contribution in [0.2, 0.25) is 0 Å². The fourth-order valence-corrected chi connectivity index (χ4v) is 2.44. The van der Waals surface area contributed by atoms with Crippen LogP contribution in [0, 0.1) is 0 Å². The van der Waals surface area contributed by atoms with Crippen molar-refractivity contribution >= 4 is 0 Å². The number of ether oxygens (including phenoxy) is 1. The number of nitrogens with zero attached hydrogens (tertiary/aromatic N) is 4. The first-order valence-corrected chi connectivity index (χ1v) is 7.78. The van der Waals surface area contributed by atoms with E-state index in [2.05, 4.69) is 22.0 Å². The topological polar surface area (TPSA) is 52.8 Å². The molecule has 0 radical (unpaired) electrons. The number of rotatable bonds is 6. The normalized spacial score (nSPS) is 10.7. The van der Waals surface area contributed by atoms with Crippen LogP contribution in [0.4, 0.5) is 0 Å². The zero-order valence-electron chi connectivity index (χ0n) is 13.4. The molecule has 0 atom stereocenters. The summed E-state index contributed by atoms with van der Waals surface area (Å²) in [5.74, 6) is 2.68. The summed E-state index contributed by atoms with van der Waals surface area (Å²) in [6.07, 6.45) is 6.22. The largest absolute Gasteiger partial charge is 0.497 e. The maximum absolute atomic E-state index is 5.22. The molecule has 0 amide bonds. The predicted molar refractivity (Wildman–Crippen MR) is 88.9 cm³/mol. The molecule has 0 spiro atoms. The van der Waals surface area contributed by atoms with Gasteiger partial charge in [-0.25, -0.2) is 9.67 Å². The number of aromatic nitrogens is 4. The second-order valence-electron chi connectivity index (χ2n) is 5.26. The highest BCUT2D eigenvalue weighted by molar-refractivity contribution is 5.37. The molecule has 0 aliphatic rings. The maximum atomic E-state index is 5.22. The predicted octanol–water partition coefficient (Wildman–Crippen LogP) is 3.02. The van der Waals surface area contributed by atoms with Crippen molar-refractivity contribution in [3.63, 3.8) is 0 Å². The van der Waals surface area contributed by atoms with E-state index in [-0.39, 0.29) is 0 Å². The molecule has 0 aliphatic carbocycles. The third kappa shape index (κ3) is 3.56. The summed E-state index contributed by atoms with van der Waals surface area (Å²) in [4.78, 5) is 8.72. The van der Waals surface area contributed by atoms with Crippen LogP contribution in [0.15, 0.2) is 48.8 Å². The van der Waals surface area contributed by atoms with E-state index in [4.69, 9.17) is 4.74 Å². The van der Waals surface area contributed by atoms with E-state index in [0.717, 1.165) is 42.3 Å². The highest BCUT2D eigenvalue weighted by atomic mass is 16.5. The average Bonchev–Trinajstić information content (AvgIpc) is 3.04. The summed E-state index contributed by atoms with van der Waals surface area (Å²) in [5, 5.41) is 4.62. The minimum atomic E-state index is 0.825. The van der Waals surface area contributed by atoms with Crippen molar-refractivity contribution < 1.29 is 4.74 Å². The Bertz CT molecular complexity index is 750. The van der Waals surface area contributed by atoms with Crippen molar-refractivity contribution in [3.05, 3.63) is 66.0 Å². The summed E-state index contributed by atoms with van der Waals surface area (Å²) >= 11 is 0. The van der Waals surface area contributed by atoms with Gasteiger partial charge in [0, 0.05) is 25.2 Å². The zero-order chi connectivity index (χ0) is 16.1. The molecular formula is C18H20N4O. The summed E-state index contributed by atoms with van der Waals surface area (Å²) in [6, 6.07) is 12.0. The lowest BCUT2D eigenvalue weighted by molar-refractivity contribution is 0.414. The van der Waals surface area contributed by atoms with Crippen molar-refractivity contribution in [1.82, 2.24) is 19.7 Å². The Morgan fingerprint density at radius 1 is 1.00 bits per heavy atom. The molecule has 0 unspecified atom stereocenters. The van der Waals surface area contributed by atoms with E-state index in [1.54, 1.807) is 7.11 Å². The van der Waals surface area contributed by atoms with Crippen molar-refractivity contribution in [2.75, 3.05) is 7.11 Å². The van der Waals surface area contributed by atoms with Gasteiger partial charge >= 0.3 is 0 Å². The van der Waals surface area contributed by atoms with Gasteiger partial charge in [0.2, 0.25) is 0 Å². The maximum Gasteiger partial charge on any atom is 0.151 e. The molecule has 5 heteroatoms. The van der Waals surface area contributed by atoms with Gasteiger partial charge in [-0.1, -0.05) is 6.92 Å². The zero-order valence-corrected chi connectivity index (χ0v) is 13.4. The van der Waals surface area contributed by atoms with Gasteiger partial charge in [0.25, 0.3) is 0 Å². The lowest BCUT2D eigenvalue weighted by Gasteiger charge is -2.07. The summed E-state index contributed by atoms with van der Waals surface area (Å²) < 4.78 is 7.15. The smallest absolute Gasteiger partial charge is 0.151 e. The Labute approximate surface area is 136 Å². The molecule has 2 heterocycles. The molecule has 1 aromatic carbocycles. The summed E-state index contributed by atoms with van der Waals surface area (Å²) in [6.45, 7) is 2.07. The van der Waals surface area contributed by atoms with Gasteiger partial charge in [-0.05, 0) is 48.4 Å². The number of hydrogen-bond donors (Lipinski definition) is 0. The first kappa shape index (κ1) is 15.2. The minimum absolute atomic E-state index is 0.825. The van der Waals surface area contributed by atoms with Crippen LogP contribution in [0.25, 0.3) is 5.69 Å². The number of pyridine rings is 1. The van der Waals surface area contributed by atoms with Crippen molar-refractivity contribution in [2.45, 2.75) is 26.2 Å². The third-order valence-electron chi connectivity index (χ3n) is 3.74. The second-order valence-corrected chi connectivity index (χ2v) is 5.26. The lowest BCUT2D eigenvalue weighted by Crippen LogP contribution is -2.05. The van der Waals surface area contributed by atoms with Crippen molar-refractivity contribution in [2.24, 2.45) is 0 Å². The number of hydrogen-bond acceptors (Lipinski definition) is 4. The molecule has 2 aromatic heterocycles. The number of aryl methyl sites for hydroxylation is 3. The molecule has 0 saturated carbocycles. The Morgan fingerprint density at radius 3 is 2.39 bits per heavy atom. The van der Waals surface area contributed by atoms with E-state index < -0.39 is 0 Å². The third-order valence-corrected chi connectivity index (χ3v) is 3.74. The summed E-state index contributed by atoms with van der Waals surface area (Å²) in [7, 11) is 1.67. The van der Waals surface area contributed by atoms with Crippen molar-refractivity contribution in [1.29, 1.82) is 0 Å². The van der Waals surface area contributed by atoms with E-state index in [9.17, 15) is 0 Å². The highest BCUT2D eigenvalue weighted by Crippen LogP contribution is 2.17. The standard InChI is InChI=1S/C18H20N4O/c1-3-17-20-18(9-4-14-10-12-19-13-11-14)22(21-17)15-5-7-16(23-2)8-6-15/h5-8,10-13H,3-4,9H2,1-2H3. The molecule has 5 nitrogen and oxygen atoms in total. The van der Waals surface area contributed by atoms with Crippen LogP contribution in [0.5, 0.6) is 5.75 Å². The van der Waals surface area contributed by atoms with Crippen LogP contribution >= 0.6 is 0 Å². The Kier molecular flexibility index (Phi) is 4.66. The Morgan fingerprint density at radius 2 is 1.74 bits per heavy atom. The quantitative estimate of drug-likeness (QED) is 0.702. The Hall–Kier alpha value is -2.69.